The highest BCUT2D eigenvalue weighted by atomic mass is 16.7. The van der Waals surface area contributed by atoms with Crippen molar-refractivity contribution in [1.29, 1.82) is 0 Å². The van der Waals surface area contributed by atoms with Gasteiger partial charge in [-0.3, -0.25) is 0 Å². The topological polar surface area (TPSA) is 41.9 Å². The lowest BCUT2D eigenvalue weighted by molar-refractivity contribution is 0.0217. The summed E-state index contributed by atoms with van der Waals surface area (Å²) in [6, 6.07) is 8.33. The van der Waals surface area contributed by atoms with Crippen molar-refractivity contribution in [2.75, 3.05) is 28.0 Å². The number of hydrogen-bond acceptors (Lipinski definition) is 4. The minimum atomic E-state index is -0.213. The molecule has 1 fully saturated rings. The molecule has 0 spiro atoms. The Kier molecular flexibility index (Phi) is 6.03. The average Bonchev–Trinajstić information content (AvgIpc) is 2.47. The third-order valence-electron chi connectivity index (χ3n) is 4.29. The zero-order valence-corrected chi connectivity index (χ0v) is 13.3. The first-order valence-electron chi connectivity index (χ1n) is 7.69. The van der Waals surface area contributed by atoms with E-state index in [9.17, 15) is 5.11 Å². The minimum Gasteiger partial charge on any atom is -0.468 e. The molecule has 0 radical (unpaired) electrons. The molecule has 0 saturated heterocycles. The van der Waals surface area contributed by atoms with Crippen molar-refractivity contribution in [3.8, 4) is 5.75 Å². The highest BCUT2D eigenvalue weighted by Gasteiger charge is 2.33. The lowest BCUT2D eigenvalue weighted by atomic mass is 9.78. The number of aliphatic hydroxyl groups is 1. The molecule has 4 heteroatoms. The summed E-state index contributed by atoms with van der Waals surface area (Å²) in [7, 11) is 5.77. The molecule has 0 heterocycles. The van der Waals surface area contributed by atoms with Crippen LogP contribution >= 0.6 is 0 Å². The number of hydrogen-bond donors (Lipinski definition) is 1. The first-order chi connectivity index (χ1) is 10.1. The van der Waals surface area contributed by atoms with E-state index in [1.807, 2.05) is 12.1 Å². The third-order valence-corrected chi connectivity index (χ3v) is 4.29. The average molecular weight is 293 g/mol. The molecule has 1 aliphatic rings. The zero-order valence-electron chi connectivity index (χ0n) is 13.3. The van der Waals surface area contributed by atoms with Crippen molar-refractivity contribution in [3.63, 3.8) is 0 Å². The van der Waals surface area contributed by atoms with E-state index in [1.54, 1.807) is 7.11 Å². The van der Waals surface area contributed by atoms with Crippen LogP contribution < -0.4 is 4.74 Å². The molecule has 3 atom stereocenters. The van der Waals surface area contributed by atoms with Crippen LogP contribution in [0.3, 0.4) is 0 Å². The molecule has 1 N–H and O–H groups in total. The first kappa shape index (κ1) is 16.3. The summed E-state index contributed by atoms with van der Waals surface area (Å²) in [4.78, 5) is 2.20. The number of benzene rings is 1. The van der Waals surface area contributed by atoms with Crippen LogP contribution in [0.5, 0.6) is 5.75 Å². The van der Waals surface area contributed by atoms with Crippen LogP contribution in [-0.4, -0.2) is 44.1 Å². The number of methoxy groups -OCH3 is 1. The van der Waals surface area contributed by atoms with Gasteiger partial charge in [-0.25, -0.2) is 0 Å². The van der Waals surface area contributed by atoms with Gasteiger partial charge in [0.05, 0.1) is 6.10 Å². The lowest BCUT2D eigenvalue weighted by Gasteiger charge is -2.38. The van der Waals surface area contributed by atoms with E-state index in [-0.39, 0.29) is 24.9 Å². The molecule has 118 valence electrons. The quantitative estimate of drug-likeness (QED) is 0.819. The summed E-state index contributed by atoms with van der Waals surface area (Å²) in [5.41, 5.74) is 1.19. The van der Waals surface area contributed by atoms with Crippen LogP contribution in [0.15, 0.2) is 24.3 Å². The fourth-order valence-corrected chi connectivity index (χ4v) is 3.35. The van der Waals surface area contributed by atoms with Gasteiger partial charge < -0.3 is 19.5 Å². The Balaban J connectivity index is 2.21. The van der Waals surface area contributed by atoms with Gasteiger partial charge in [0.1, 0.15) is 5.75 Å². The highest BCUT2D eigenvalue weighted by molar-refractivity contribution is 5.31. The standard InChI is InChI=1S/C17H27NO3/c1-18(2)17(15-9-4-5-10-16(15)19)13-7-6-8-14(11-13)21-12-20-3/h6-8,11,15-17,19H,4-5,9-10,12H2,1-3H3/t15-,16+,17?/m0/s1. The maximum atomic E-state index is 10.4. The molecule has 0 amide bonds. The summed E-state index contributed by atoms with van der Waals surface area (Å²) in [6.45, 7) is 0.252. The molecule has 0 aliphatic heterocycles. The predicted molar refractivity (Wildman–Crippen MR) is 83.3 cm³/mol. The predicted octanol–water partition coefficient (Wildman–Crippen LogP) is 2.82. The Bertz CT molecular complexity index is 436. The molecule has 4 nitrogen and oxygen atoms in total. The second-order valence-corrected chi connectivity index (χ2v) is 6.05. The SMILES string of the molecule is COCOc1cccc(C([C@H]2CCCC[C@H]2O)N(C)C)c1. The monoisotopic (exact) mass is 293 g/mol. The van der Waals surface area contributed by atoms with Gasteiger partial charge in [0.25, 0.3) is 0 Å². The van der Waals surface area contributed by atoms with Gasteiger partial charge in [-0.05, 0) is 44.6 Å². The molecule has 2 rings (SSSR count). The van der Waals surface area contributed by atoms with E-state index >= 15 is 0 Å². The molecule has 1 aliphatic carbocycles. The number of nitrogens with zero attached hydrogens (tertiary/aromatic N) is 1. The smallest absolute Gasteiger partial charge is 0.188 e. The van der Waals surface area contributed by atoms with Crippen LogP contribution in [0.25, 0.3) is 0 Å². The molecule has 0 aromatic heterocycles. The van der Waals surface area contributed by atoms with Crippen molar-refractivity contribution in [2.24, 2.45) is 5.92 Å². The summed E-state index contributed by atoms with van der Waals surface area (Å²) < 4.78 is 10.5. The van der Waals surface area contributed by atoms with Gasteiger partial charge in [-0.1, -0.05) is 25.0 Å². The van der Waals surface area contributed by atoms with E-state index in [0.717, 1.165) is 25.0 Å². The molecule has 0 bridgehead atoms. The normalized spacial score (nSPS) is 24.0. The molecule has 1 unspecified atom stereocenters. The Labute approximate surface area is 127 Å². The van der Waals surface area contributed by atoms with E-state index in [0.29, 0.717) is 0 Å². The second kappa shape index (κ2) is 7.78. The Hall–Kier alpha value is -1.10. The first-order valence-corrected chi connectivity index (χ1v) is 7.69. The zero-order chi connectivity index (χ0) is 15.2. The number of rotatable bonds is 6. The fraction of sp³-hybridized carbons (Fsp3) is 0.647. The lowest BCUT2D eigenvalue weighted by Crippen LogP contribution is -2.36. The van der Waals surface area contributed by atoms with Crippen LogP contribution in [-0.2, 0) is 4.74 Å². The van der Waals surface area contributed by atoms with Gasteiger partial charge >= 0.3 is 0 Å². The number of ether oxygens (including phenoxy) is 2. The Morgan fingerprint density at radius 2 is 2.05 bits per heavy atom. The summed E-state index contributed by atoms with van der Waals surface area (Å²) >= 11 is 0. The van der Waals surface area contributed by atoms with Crippen molar-refractivity contribution in [3.05, 3.63) is 29.8 Å². The van der Waals surface area contributed by atoms with Crippen molar-refractivity contribution >= 4 is 0 Å². The molecule has 21 heavy (non-hydrogen) atoms. The van der Waals surface area contributed by atoms with E-state index in [4.69, 9.17) is 9.47 Å². The van der Waals surface area contributed by atoms with E-state index < -0.39 is 0 Å². The van der Waals surface area contributed by atoms with Gasteiger partial charge in [-0.2, -0.15) is 0 Å². The molecular formula is C17H27NO3. The molecule has 1 aromatic rings. The second-order valence-electron chi connectivity index (χ2n) is 6.05. The highest BCUT2D eigenvalue weighted by Crippen LogP contribution is 2.38. The molecular weight excluding hydrogens is 266 g/mol. The molecule has 1 aromatic carbocycles. The Morgan fingerprint density at radius 1 is 1.29 bits per heavy atom. The Morgan fingerprint density at radius 3 is 2.71 bits per heavy atom. The molecule has 1 saturated carbocycles. The maximum absolute atomic E-state index is 10.4. The van der Waals surface area contributed by atoms with Gasteiger partial charge in [-0.15, -0.1) is 0 Å². The van der Waals surface area contributed by atoms with E-state index in [2.05, 4.69) is 31.1 Å². The largest absolute Gasteiger partial charge is 0.468 e. The summed E-state index contributed by atoms with van der Waals surface area (Å²) in [5.74, 6) is 1.10. The fourth-order valence-electron chi connectivity index (χ4n) is 3.35. The van der Waals surface area contributed by atoms with Gasteiger partial charge in [0.2, 0.25) is 0 Å². The third kappa shape index (κ3) is 4.19. The summed E-state index contributed by atoms with van der Waals surface area (Å²) in [5, 5.41) is 10.4. The van der Waals surface area contributed by atoms with Gasteiger partial charge in [0.15, 0.2) is 6.79 Å². The van der Waals surface area contributed by atoms with Crippen LogP contribution in [0.2, 0.25) is 0 Å². The van der Waals surface area contributed by atoms with Crippen molar-refractivity contribution in [1.82, 2.24) is 4.90 Å². The van der Waals surface area contributed by atoms with Crippen LogP contribution in [0.4, 0.5) is 0 Å². The van der Waals surface area contributed by atoms with E-state index in [1.165, 1.54) is 12.0 Å². The minimum absolute atomic E-state index is 0.213. The van der Waals surface area contributed by atoms with Crippen molar-refractivity contribution in [2.45, 2.75) is 37.8 Å². The van der Waals surface area contributed by atoms with Crippen LogP contribution in [0.1, 0.15) is 37.3 Å². The maximum Gasteiger partial charge on any atom is 0.188 e. The van der Waals surface area contributed by atoms with Crippen molar-refractivity contribution < 1.29 is 14.6 Å². The number of aliphatic hydroxyl groups excluding tert-OH is 1. The van der Waals surface area contributed by atoms with Gasteiger partial charge in [0, 0.05) is 19.1 Å². The van der Waals surface area contributed by atoms with Crippen LogP contribution in [0, 0.1) is 5.92 Å². The summed E-state index contributed by atoms with van der Waals surface area (Å²) in [6.07, 6.45) is 4.11.